The molecule has 25 heavy (non-hydrogen) atoms. The lowest BCUT2D eigenvalue weighted by Gasteiger charge is -2.31. The van der Waals surface area contributed by atoms with Crippen molar-refractivity contribution in [3.8, 4) is 0 Å². The van der Waals surface area contributed by atoms with Crippen LogP contribution in [0, 0.1) is 10.1 Å². The van der Waals surface area contributed by atoms with E-state index < -0.39 is 14.9 Å². The number of thioether (sulfide) groups is 1. The molecule has 0 amide bonds. The van der Waals surface area contributed by atoms with Gasteiger partial charge in [0.25, 0.3) is 5.69 Å². The van der Waals surface area contributed by atoms with Gasteiger partial charge in [-0.2, -0.15) is 16.1 Å². The zero-order chi connectivity index (χ0) is 17.9. The normalized spacial score (nSPS) is 23.4. The predicted octanol–water partition coefficient (Wildman–Crippen LogP) is 2.19. The highest BCUT2D eigenvalue weighted by Gasteiger charge is 2.34. The van der Waals surface area contributed by atoms with Crippen LogP contribution in [0.3, 0.4) is 0 Å². The van der Waals surface area contributed by atoms with Crippen LogP contribution in [-0.4, -0.2) is 66.3 Å². The van der Waals surface area contributed by atoms with Crippen LogP contribution < -0.4 is 0 Å². The molecule has 0 aliphatic carbocycles. The van der Waals surface area contributed by atoms with Gasteiger partial charge in [0.1, 0.15) is 0 Å². The number of hydrogen-bond acceptors (Lipinski definition) is 6. The number of nitro groups is 1. The molecule has 9 heteroatoms. The SMILES string of the molecule is O=[N+]([O-])c1ccc(S(=O)(=O)N2CCCSCC2CN2CCCC2)cc1. The number of likely N-dealkylation sites (tertiary alicyclic amines) is 1. The molecule has 138 valence electrons. The molecule has 1 unspecified atom stereocenters. The largest absolute Gasteiger partial charge is 0.302 e. The molecule has 1 aromatic rings. The van der Waals surface area contributed by atoms with Gasteiger partial charge in [0.15, 0.2) is 0 Å². The smallest absolute Gasteiger partial charge is 0.269 e. The van der Waals surface area contributed by atoms with E-state index in [-0.39, 0.29) is 16.6 Å². The van der Waals surface area contributed by atoms with Crippen molar-refractivity contribution in [1.29, 1.82) is 0 Å². The summed E-state index contributed by atoms with van der Waals surface area (Å²) < 4.78 is 27.9. The monoisotopic (exact) mass is 385 g/mol. The highest BCUT2D eigenvalue weighted by atomic mass is 32.2. The van der Waals surface area contributed by atoms with Crippen LogP contribution in [0.25, 0.3) is 0 Å². The first-order chi connectivity index (χ1) is 12.0. The van der Waals surface area contributed by atoms with Gasteiger partial charge < -0.3 is 4.90 Å². The zero-order valence-corrected chi connectivity index (χ0v) is 15.7. The lowest BCUT2D eigenvalue weighted by molar-refractivity contribution is -0.384. The molecular weight excluding hydrogens is 362 g/mol. The summed E-state index contributed by atoms with van der Waals surface area (Å²) in [5.74, 6) is 1.76. The van der Waals surface area contributed by atoms with E-state index in [9.17, 15) is 18.5 Å². The molecule has 2 aliphatic heterocycles. The fraction of sp³-hybridized carbons (Fsp3) is 0.625. The summed E-state index contributed by atoms with van der Waals surface area (Å²) in [7, 11) is -3.65. The molecule has 1 aromatic carbocycles. The number of non-ortho nitro benzene ring substituents is 1. The number of sulfonamides is 1. The topological polar surface area (TPSA) is 83.8 Å². The molecule has 0 radical (unpaired) electrons. The van der Waals surface area contributed by atoms with Crippen molar-refractivity contribution in [2.24, 2.45) is 0 Å². The Balaban J connectivity index is 1.84. The molecule has 2 saturated heterocycles. The maximum absolute atomic E-state index is 13.1. The Bertz CT molecular complexity index is 703. The second kappa shape index (κ2) is 8.03. The fourth-order valence-corrected chi connectivity index (χ4v) is 6.21. The number of nitro benzene ring substituents is 1. The summed E-state index contributed by atoms with van der Waals surface area (Å²) >= 11 is 1.81. The third-order valence-electron chi connectivity index (χ3n) is 4.71. The second-order valence-electron chi connectivity index (χ2n) is 6.46. The summed E-state index contributed by atoms with van der Waals surface area (Å²) in [6.07, 6.45) is 3.18. The maximum atomic E-state index is 13.1. The standard InChI is InChI=1S/C16H23N3O4S2/c20-19(21)14-4-6-16(7-5-14)25(22,23)18-10-3-11-24-13-15(18)12-17-8-1-2-9-17/h4-7,15H,1-3,8-13H2. The van der Waals surface area contributed by atoms with Crippen LogP contribution in [0.5, 0.6) is 0 Å². The van der Waals surface area contributed by atoms with Gasteiger partial charge in [0.05, 0.1) is 9.82 Å². The van der Waals surface area contributed by atoms with E-state index in [2.05, 4.69) is 4.90 Å². The Kier molecular flexibility index (Phi) is 5.98. The van der Waals surface area contributed by atoms with E-state index in [4.69, 9.17) is 0 Å². The van der Waals surface area contributed by atoms with Gasteiger partial charge in [-0.15, -0.1) is 0 Å². The van der Waals surface area contributed by atoms with Gasteiger partial charge in [-0.1, -0.05) is 0 Å². The van der Waals surface area contributed by atoms with Gasteiger partial charge >= 0.3 is 0 Å². The van der Waals surface area contributed by atoms with Gasteiger partial charge in [-0.05, 0) is 50.2 Å². The quantitative estimate of drug-likeness (QED) is 0.571. The van der Waals surface area contributed by atoms with Crippen molar-refractivity contribution >= 4 is 27.5 Å². The first kappa shape index (κ1) is 18.6. The van der Waals surface area contributed by atoms with Gasteiger partial charge in [0, 0.05) is 37.0 Å². The molecule has 0 aromatic heterocycles. The summed E-state index contributed by atoms with van der Waals surface area (Å²) in [5.41, 5.74) is -0.0982. The number of rotatable bonds is 5. The third kappa shape index (κ3) is 4.33. The Morgan fingerprint density at radius 2 is 1.80 bits per heavy atom. The van der Waals surface area contributed by atoms with Crippen LogP contribution in [-0.2, 0) is 10.0 Å². The van der Waals surface area contributed by atoms with E-state index in [1.807, 2.05) is 0 Å². The first-order valence-corrected chi connectivity index (χ1v) is 11.1. The van der Waals surface area contributed by atoms with Gasteiger partial charge in [-0.3, -0.25) is 10.1 Å². The fourth-order valence-electron chi connectivity index (χ4n) is 3.41. The second-order valence-corrected chi connectivity index (χ2v) is 9.50. The minimum absolute atomic E-state index is 0.0502. The van der Waals surface area contributed by atoms with Gasteiger partial charge in [-0.25, -0.2) is 8.42 Å². The molecule has 2 heterocycles. The minimum atomic E-state index is -3.65. The molecule has 0 bridgehead atoms. The van der Waals surface area contributed by atoms with Crippen LogP contribution in [0.4, 0.5) is 5.69 Å². The summed E-state index contributed by atoms with van der Waals surface area (Å²) in [4.78, 5) is 12.8. The highest BCUT2D eigenvalue weighted by Crippen LogP contribution is 2.26. The molecule has 0 saturated carbocycles. The predicted molar refractivity (Wildman–Crippen MR) is 98.4 cm³/mol. The van der Waals surface area contributed by atoms with E-state index in [1.165, 1.54) is 37.1 Å². The number of nitrogens with zero attached hydrogens (tertiary/aromatic N) is 3. The highest BCUT2D eigenvalue weighted by molar-refractivity contribution is 7.99. The summed E-state index contributed by atoms with van der Waals surface area (Å²) in [6.45, 7) is 3.34. The van der Waals surface area contributed by atoms with Crippen molar-refractivity contribution in [2.75, 3.05) is 37.7 Å². The third-order valence-corrected chi connectivity index (χ3v) is 7.87. The van der Waals surface area contributed by atoms with E-state index >= 15 is 0 Å². The van der Waals surface area contributed by atoms with Crippen LogP contribution in [0.1, 0.15) is 19.3 Å². The van der Waals surface area contributed by atoms with Crippen molar-refractivity contribution in [2.45, 2.75) is 30.2 Å². The Hall–Kier alpha value is -1.16. The molecule has 1 atom stereocenters. The Morgan fingerprint density at radius 3 is 2.44 bits per heavy atom. The molecular formula is C16H23N3O4S2. The Labute approximate surface area is 152 Å². The van der Waals surface area contributed by atoms with Crippen molar-refractivity contribution in [3.63, 3.8) is 0 Å². The molecule has 0 spiro atoms. The van der Waals surface area contributed by atoms with Crippen LogP contribution >= 0.6 is 11.8 Å². The molecule has 2 aliphatic rings. The van der Waals surface area contributed by atoms with Crippen LogP contribution in [0.15, 0.2) is 29.2 Å². The van der Waals surface area contributed by atoms with Crippen molar-refractivity contribution in [3.05, 3.63) is 34.4 Å². The van der Waals surface area contributed by atoms with E-state index in [0.717, 1.165) is 37.6 Å². The lowest BCUT2D eigenvalue weighted by Crippen LogP contribution is -2.47. The van der Waals surface area contributed by atoms with Crippen molar-refractivity contribution < 1.29 is 13.3 Å². The first-order valence-electron chi connectivity index (χ1n) is 8.55. The Morgan fingerprint density at radius 1 is 1.12 bits per heavy atom. The minimum Gasteiger partial charge on any atom is -0.302 e. The molecule has 7 nitrogen and oxygen atoms in total. The van der Waals surface area contributed by atoms with Gasteiger partial charge in [0.2, 0.25) is 10.0 Å². The van der Waals surface area contributed by atoms with Crippen molar-refractivity contribution in [1.82, 2.24) is 9.21 Å². The number of benzene rings is 1. The molecule has 3 rings (SSSR count). The summed E-state index contributed by atoms with van der Waals surface area (Å²) in [6, 6.07) is 5.16. The molecule has 0 N–H and O–H groups in total. The average molecular weight is 386 g/mol. The maximum Gasteiger partial charge on any atom is 0.269 e. The van der Waals surface area contributed by atoms with E-state index in [1.54, 1.807) is 16.1 Å². The lowest BCUT2D eigenvalue weighted by atomic mass is 10.3. The van der Waals surface area contributed by atoms with Crippen LogP contribution in [0.2, 0.25) is 0 Å². The molecule has 2 fully saturated rings. The average Bonchev–Trinajstić information content (AvgIpc) is 2.98. The number of hydrogen-bond donors (Lipinski definition) is 0. The van der Waals surface area contributed by atoms with E-state index in [0.29, 0.717) is 6.54 Å². The summed E-state index contributed by atoms with van der Waals surface area (Å²) in [5, 5.41) is 10.8. The zero-order valence-electron chi connectivity index (χ0n) is 14.0.